The van der Waals surface area contributed by atoms with Crippen LogP contribution in [-0.4, -0.2) is 41.5 Å². The van der Waals surface area contributed by atoms with E-state index < -0.39 is 11.3 Å². The summed E-state index contributed by atoms with van der Waals surface area (Å²) in [6, 6.07) is 11.9. The number of rotatable bonds is 5. The maximum atomic E-state index is 14.5. The molecule has 11 heteroatoms. The Balaban J connectivity index is 1.51. The first-order valence-corrected chi connectivity index (χ1v) is 12.3. The van der Waals surface area contributed by atoms with Gasteiger partial charge < -0.3 is 11.1 Å². The lowest BCUT2D eigenvalue weighted by Gasteiger charge is -2.21. The summed E-state index contributed by atoms with van der Waals surface area (Å²) in [6.07, 6.45) is 4.87. The monoisotopic (exact) mass is 521 g/mol. The molecule has 0 aliphatic carbocycles. The molecule has 0 fully saturated rings. The Morgan fingerprint density at radius 1 is 1.10 bits per heavy atom. The molecule has 1 amide bonds. The Morgan fingerprint density at radius 3 is 2.72 bits per heavy atom. The first-order chi connectivity index (χ1) is 18.7. The van der Waals surface area contributed by atoms with Crippen molar-refractivity contribution >= 4 is 34.3 Å². The number of halogens is 1. The molecule has 0 unspecified atom stereocenters. The van der Waals surface area contributed by atoms with E-state index in [-0.39, 0.29) is 23.9 Å². The standard InChI is InChI=1S/C28H24FN9O/c1-15-10-12-31-13-19(15)33-26(39)22-20-23(36-27(30)28(20,2)3)35-24(34-22)21-17-8-6-11-32-25(17)38(37-21)14-16-7-4-5-9-18(16)29/h4-13H,14H2,1-3H3,(H,33,39)(H2,30,34,35,36). The van der Waals surface area contributed by atoms with Gasteiger partial charge in [0.15, 0.2) is 17.3 Å². The first kappa shape index (κ1) is 24.3. The van der Waals surface area contributed by atoms with Crippen molar-refractivity contribution in [2.45, 2.75) is 32.7 Å². The van der Waals surface area contributed by atoms with Crippen LogP contribution in [0.15, 0.2) is 66.0 Å². The molecular formula is C28H24FN9O. The molecule has 0 bridgehead atoms. The smallest absolute Gasteiger partial charge is 0.274 e. The average Bonchev–Trinajstić information content (AvgIpc) is 3.40. The molecule has 4 aromatic heterocycles. The van der Waals surface area contributed by atoms with Crippen molar-refractivity contribution in [1.29, 1.82) is 0 Å². The molecule has 5 aromatic rings. The number of amidine groups is 1. The normalized spacial score (nSPS) is 13.8. The van der Waals surface area contributed by atoms with Crippen LogP contribution in [0.2, 0.25) is 0 Å². The number of aryl methyl sites for hydroxylation is 1. The van der Waals surface area contributed by atoms with Gasteiger partial charge in [-0.05, 0) is 50.6 Å². The van der Waals surface area contributed by atoms with Crippen molar-refractivity contribution in [3.05, 3.63) is 89.3 Å². The molecule has 5 heterocycles. The predicted molar refractivity (Wildman–Crippen MR) is 145 cm³/mol. The van der Waals surface area contributed by atoms with Crippen LogP contribution in [0.4, 0.5) is 15.9 Å². The molecule has 10 nitrogen and oxygen atoms in total. The van der Waals surface area contributed by atoms with Gasteiger partial charge in [0.2, 0.25) is 0 Å². The van der Waals surface area contributed by atoms with Gasteiger partial charge in [-0.2, -0.15) is 5.10 Å². The van der Waals surface area contributed by atoms with Gasteiger partial charge in [-0.15, -0.1) is 0 Å². The molecule has 0 spiro atoms. The van der Waals surface area contributed by atoms with Gasteiger partial charge in [0, 0.05) is 23.5 Å². The summed E-state index contributed by atoms with van der Waals surface area (Å²) in [4.78, 5) is 36.1. The van der Waals surface area contributed by atoms with Crippen LogP contribution in [0.5, 0.6) is 0 Å². The summed E-state index contributed by atoms with van der Waals surface area (Å²) in [5, 5.41) is 8.27. The van der Waals surface area contributed by atoms with E-state index in [2.05, 4.69) is 25.3 Å². The lowest BCUT2D eigenvalue weighted by molar-refractivity contribution is 0.102. The average molecular weight is 522 g/mol. The summed E-state index contributed by atoms with van der Waals surface area (Å²) in [6.45, 7) is 5.76. The number of carbonyl (C=O) groups excluding carboxylic acids is 1. The molecule has 1 aliphatic heterocycles. The van der Waals surface area contributed by atoms with Gasteiger partial charge in [-0.25, -0.2) is 29.0 Å². The summed E-state index contributed by atoms with van der Waals surface area (Å²) in [7, 11) is 0. The second-order valence-corrected chi connectivity index (χ2v) is 9.83. The van der Waals surface area contributed by atoms with E-state index in [0.29, 0.717) is 45.2 Å². The van der Waals surface area contributed by atoms with E-state index in [1.165, 1.54) is 6.07 Å². The number of benzene rings is 1. The Hall–Kier alpha value is -5.06. The van der Waals surface area contributed by atoms with Crippen LogP contribution in [0.3, 0.4) is 0 Å². The summed E-state index contributed by atoms with van der Waals surface area (Å²) < 4.78 is 16.0. The zero-order chi connectivity index (χ0) is 27.3. The minimum absolute atomic E-state index is 0.133. The van der Waals surface area contributed by atoms with Crippen molar-refractivity contribution in [2.24, 2.45) is 10.7 Å². The molecule has 1 aliphatic rings. The van der Waals surface area contributed by atoms with Crippen LogP contribution in [0.25, 0.3) is 22.6 Å². The Labute approximate surface area is 222 Å². The third-order valence-corrected chi connectivity index (χ3v) is 6.88. The number of nitrogens with one attached hydrogen (secondary N) is 1. The zero-order valence-corrected chi connectivity index (χ0v) is 21.5. The van der Waals surface area contributed by atoms with E-state index >= 15 is 0 Å². The van der Waals surface area contributed by atoms with Crippen molar-refractivity contribution in [3.63, 3.8) is 0 Å². The van der Waals surface area contributed by atoms with Crippen LogP contribution < -0.4 is 11.1 Å². The number of pyridine rings is 2. The number of fused-ring (bicyclic) bond motifs is 2. The molecule has 0 saturated carbocycles. The van der Waals surface area contributed by atoms with Gasteiger partial charge in [0.25, 0.3) is 5.91 Å². The number of anilines is 1. The van der Waals surface area contributed by atoms with E-state index in [9.17, 15) is 9.18 Å². The van der Waals surface area contributed by atoms with Gasteiger partial charge in [-0.3, -0.25) is 9.78 Å². The largest absolute Gasteiger partial charge is 0.386 e. The second kappa shape index (κ2) is 9.05. The van der Waals surface area contributed by atoms with Gasteiger partial charge in [0.1, 0.15) is 23.0 Å². The minimum atomic E-state index is -0.766. The molecule has 1 aromatic carbocycles. The maximum Gasteiger partial charge on any atom is 0.274 e. The highest BCUT2D eigenvalue weighted by atomic mass is 19.1. The van der Waals surface area contributed by atoms with E-state index in [1.54, 1.807) is 53.6 Å². The molecule has 39 heavy (non-hydrogen) atoms. The summed E-state index contributed by atoms with van der Waals surface area (Å²) >= 11 is 0. The maximum absolute atomic E-state index is 14.5. The Kier molecular flexibility index (Phi) is 5.63. The van der Waals surface area contributed by atoms with Crippen LogP contribution >= 0.6 is 0 Å². The van der Waals surface area contributed by atoms with Gasteiger partial charge in [0.05, 0.1) is 29.2 Å². The number of aliphatic imine (C=N–C) groups is 1. The quantitative estimate of drug-likeness (QED) is 0.352. The fraction of sp³-hybridized carbons (Fsp3) is 0.179. The SMILES string of the molecule is Cc1ccncc1NC(=O)c1nc(-c2nn(Cc3ccccc3F)c3ncccc23)nc2c1C(C)(C)C(N)=N2. The highest BCUT2D eigenvalue weighted by Crippen LogP contribution is 2.41. The Bertz CT molecular complexity index is 1810. The molecule has 194 valence electrons. The van der Waals surface area contributed by atoms with Crippen molar-refractivity contribution in [1.82, 2.24) is 29.7 Å². The van der Waals surface area contributed by atoms with Gasteiger partial charge >= 0.3 is 0 Å². The lowest BCUT2D eigenvalue weighted by atomic mass is 9.84. The molecule has 6 rings (SSSR count). The number of nitrogens with two attached hydrogens (primary N) is 1. The van der Waals surface area contributed by atoms with Crippen molar-refractivity contribution in [3.8, 4) is 11.5 Å². The van der Waals surface area contributed by atoms with Crippen LogP contribution in [0.1, 0.15) is 41.0 Å². The fourth-order valence-electron chi connectivity index (χ4n) is 4.61. The van der Waals surface area contributed by atoms with Crippen LogP contribution in [-0.2, 0) is 12.0 Å². The first-order valence-electron chi connectivity index (χ1n) is 12.3. The molecule has 0 radical (unpaired) electrons. The third-order valence-electron chi connectivity index (χ3n) is 6.88. The predicted octanol–water partition coefficient (Wildman–Crippen LogP) is 4.31. The van der Waals surface area contributed by atoms with E-state index in [4.69, 9.17) is 15.8 Å². The fourth-order valence-corrected chi connectivity index (χ4v) is 4.61. The topological polar surface area (TPSA) is 137 Å². The van der Waals surface area contributed by atoms with Gasteiger partial charge in [-0.1, -0.05) is 18.2 Å². The number of aromatic nitrogens is 6. The van der Waals surface area contributed by atoms with Crippen molar-refractivity contribution in [2.75, 3.05) is 5.32 Å². The number of hydrogen-bond donors (Lipinski definition) is 2. The second-order valence-electron chi connectivity index (χ2n) is 9.83. The highest BCUT2D eigenvalue weighted by Gasteiger charge is 2.40. The van der Waals surface area contributed by atoms with E-state index in [0.717, 1.165) is 5.56 Å². The molecule has 0 atom stereocenters. The molecular weight excluding hydrogens is 497 g/mol. The number of amides is 1. The lowest BCUT2D eigenvalue weighted by Crippen LogP contribution is -2.34. The summed E-state index contributed by atoms with van der Waals surface area (Å²) in [5.41, 5.74) is 8.95. The molecule has 3 N–H and O–H groups in total. The number of carbonyl (C=O) groups is 1. The minimum Gasteiger partial charge on any atom is -0.386 e. The Morgan fingerprint density at radius 2 is 1.92 bits per heavy atom. The van der Waals surface area contributed by atoms with Crippen LogP contribution in [0, 0.1) is 12.7 Å². The number of hydrogen-bond acceptors (Lipinski definition) is 8. The van der Waals surface area contributed by atoms with Crippen molar-refractivity contribution < 1.29 is 9.18 Å². The highest BCUT2D eigenvalue weighted by molar-refractivity contribution is 6.09. The summed E-state index contributed by atoms with van der Waals surface area (Å²) in [5.74, 6) is 0.0195. The number of nitrogens with zero attached hydrogens (tertiary/aromatic N) is 7. The van der Waals surface area contributed by atoms with E-state index in [1.807, 2.05) is 26.8 Å². The zero-order valence-electron chi connectivity index (χ0n) is 21.5. The third kappa shape index (κ3) is 4.08. The molecule has 0 saturated heterocycles.